The van der Waals surface area contributed by atoms with Crippen molar-refractivity contribution >= 4 is 50.9 Å². The second-order valence-electron chi connectivity index (χ2n) is 6.91. The van der Waals surface area contributed by atoms with Crippen LogP contribution in [0.2, 0.25) is 0 Å². The maximum absolute atomic E-state index is 14.0. The molecule has 4 nitrogen and oxygen atoms in total. The van der Waals surface area contributed by atoms with E-state index in [0.717, 1.165) is 4.47 Å². The number of anilines is 1. The Hall–Kier alpha value is -3.03. The number of likely N-dealkylation sites (N-methyl/N-ethyl adjacent to an activating group) is 1. The smallest absolute Gasteiger partial charge is 0.281 e. The lowest BCUT2D eigenvalue weighted by Crippen LogP contribution is -2.30. The topological polar surface area (TPSA) is 32.8 Å². The van der Waals surface area contributed by atoms with Gasteiger partial charge in [-0.05, 0) is 54.7 Å². The Morgan fingerprint density at radius 1 is 1.06 bits per heavy atom. The zero-order valence-corrected chi connectivity index (χ0v) is 19.0. The van der Waals surface area contributed by atoms with Gasteiger partial charge < -0.3 is 9.64 Å². The van der Waals surface area contributed by atoms with E-state index < -0.39 is 0 Å². The molecule has 0 aromatic heterocycles. The predicted molar refractivity (Wildman–Crippen MR) is 127 cm³/mol. The van der Waals surface area contributed by atoms with E-state index in [2.05, 4.69) is 15.9 Å². The van der Waals surface area contributed by atoms with Crippen molar-refractivity contribution in [1.29, 1.82) is 0 Å². The molecule has 0 saturated carbocycles. The van der Waals surface area contributed by atoms with Gasteiger partial charge in [-0.2, -0.15) is 0 Å². The highest BCUT2D eigenvalue weighted by Crippen LogP contribution is 2.31. The van der Waals surface area contributed by atoms with Gasteiger partial charge in [0.2, 0.25) is 0 Å². The standard InChI is InChI=1S/C24H18BrFN2O2S/c1-27-21(23(29)28(24(27)31)19-8-3-2-4-9-19)14-17-13-18(25)11-12-22(17)30-15-16-7-5-6-10-20(16)26/h2-14H,15H2,1H3/b21-14-. The van der Waals surface area contributed by atoms with E-state index in [9.17, 15) is 9.18 Å². The third-order valence-electron chi connectivity index (χ3n) is 4.88. The van der Waals surface area contributed by atoms with E-state index in [1.54, 1.807) is 42.3 Å². The zero-order valence-electron chi connectivity index (χ0n) is 16.6. The molecule has 3 aromatic carbocycles. The maximum atomic E-state index is 14.0. The van der Waals surface area contributed by atoms with E-state index in [-0.39, 0.29) is 18.3 Å². The monoisotopic (exact) mass is 496 g/mol. The van der Waals surface area contributed by atoms with E-state index in [1.807, 2.05) is 42.5 Å². The Morgan fingerprint density at radius 3 is 2.52 bits per heavy atom. The van der Waals surface area contributed by atoms with Crippen LogP contribution in [0, 0.1) is 5.82 Å². The van der Waals surface area contributed by atoms with Gasteiger partial charge in [0, 0.05) is 22.6 Å². The highest BCUT2D eigenvalue weighted by molar-refractivity contribution is 9.10. The molecule has 0 N–H and O–H groups in total. The predicted octanol–water partition coefficient (Wildman–Crippen LogP) is 5.77. The number of rotatable bonds is 5. The lowest BCUT2D eigenvalue weighted by Gasteiger charge is -2.16. The molecule has 156 valence electrons. The minimum atomic E-state index is -0.325. The minimum absolute atomic E-state index is 0.0722. The molecule has 0 bridgehead atoms. The Morgan fingerprint density at radius 2 is 1.77 bits per heavy atom. The summed E-state index contributed by atoms with van der Waals surface area (Å²) < 4.78 is 20.7. The second-order valence-corrected chi connectivity index (χ2v) is 8.19. The molecule has 1 heterocycles. The van der Waals surface area contributed by atoms with Gasteiger partial charge in [-0.25, -0.2) is 4.39 Å². The molecule has 0 unspecified atom stereocenters. The number of halogens is 2. The Kier molecular flexibility index (Phi) is 6.15. The number of hydrogen-bond acceptors (Lipinski definition) is 3. The van der Waals surface area contributed by atoms with Crippen LogP contribution in [-0.4, -0.2) is 23.0 Å². The van der Waals surface area contributed by atoms with Crippen LogP contribution < -0.4 is 9.64 Å². The molecule has 0 aliphatic carbocycles. The Balaban J connectivity index is 1.66. The second kappa shape index (κ2) is 8.99. The first kappa shape index (κ1) is 21.2. The maximum Gasteiger partial charge on any atom is 0.281 e. The first-order valence-corrected chi connectivity index (χ1v) is 10.7. The van der Waals surface area contributed by atoms with Gasteiger partial charge in [-0.15, -0.1) is 0 Å². The van der Waals surface area contributed by atoms with Crippen molar-refractivity contribution < 1.29 is 13.9 Å². The molecule has 1 saturated heterocycles. The molecule has 7 heteroatoms. The summed E-state index contributed by atoms with van der Waals surface area (Å²) in [6.07, 6.45) is 1.74. The van der Waals surface area contributed by atoms with E-state index in [4.69, 9.17) is 17.0 Å². The van der Waals surface area contributed by atoms with Crippen LogP contribution >= 0.6 is 28.1 Å². The van der Waals surface area contributed by atoms with Crippen LogP contribution in [0.4, 0.5) is 10.1 Å². The summed E-state index contributed by atoms with van der Waals surface area (Å²) in [5.41, 5.74) is 2.26. The average Bonchev–Trinajstić information content (AvgIpc) is 2.98. The number of nitrogens with zero attached hydrogens (tertiary/aromatic N) is 2. The Labute approximate surface area is 193 Å². The van der Waals surface area contributed by atoms with Crippen LogP contribution in [0.1, 0.15) is 11.1 Å². The number of carbonyl (C=O) groups is 1. The van der Waals surface area contributed by atoms with Crippen LogP contribution in [0.25, 0.3) is 6.08 Å². The molecule has 4 rings (SSSR count). The van der Waals surface area contributed by atoms with Crippen molar-refractivity contribution in [3.05, 3.63) is 99.9 Å². The molecule has 1 fully saturated rings. The summed E-state index contributed by atoms with van der Waals surface area (Å²) in [6, 6.07) is 21.2. The van der Waals surface area contributed by atoms with E-state index in [1.165, 1.54) is 11.0 Å². The van der Waals surface area contributed by atoms with Crippen molar-refractivity contribution in [2.75, 3.05) is 11.9 Å². The highest BCUT2D eigenvalue weighted by atomic mass is 79.9. The molecule has 0 atom stereocenters. The number of amides is 1. The SMILES string of the molecule is CN1C(=S)N(c2ccccc2)C(=O)/C1=C/c1cc(Br)ccc1OCc1ccccc1F. The summed E-state index contributed by atoms with van der Waals surface area (Å²) >= 11 is 8.98. The summed E-state index contributed by atoms with van der Waals surface area (Å²) in [5, 5.41) is 0.395. The van der Waals surface area contributed by atoms with Crippen LogP contribution in [0.15, 0.2) is 83.0 Å². The van der Waals surface area contributed by atoms with Crippen molar-refractivity contribution in [3.8, 4) is 5.75 Å². The van der Waals surface area contributed by atoms with Crippen LogP contribution in [0.5, 0.6) is 5.75 Å². The molecule has 1 aliphatic rings. The average molecular weight is 497 g/mol. The van der Waals surface area contributed by atoms with Gasteiger partial charge in [-0.3, -0.25) is 9.69 Å². The van der Waals surface area contributed by atoms with Crippen molar-refractivity contribution in [2.24, 2.45) is 0 Å². The van der Waals surface area contributed by atoms with Gasteiger partial charge >= 0.3 is 0 Å². The number of ether oxygens (including phenoxy) is 1. The van der Waals surface area contributed by atoms with Gasteiger partial charge in [0.1, 0.15) is 23.9 Å². The number of para-hydroxylation sites is 1. The summed E-state index contributed by atoms with van der Waals surface area (Å²) in [6.45, 7) is 0.0722. The molecular weight excluding hydrogens is 479 g/mol. The van der Waals surface area contributed by atoms with Crippen molar-refractivity contribution in [3.63, 3.8) is 0 Å². The van der Waals surface area contributed by atoms with E-state index in [0.29, 0.717) is 33.4 Å². The third kappa shape index (κ3) is 4.38. The fourth-order valence-corrected chi connectivity index (χ4v) is 3.91. The first-order valence-electron chi connectivity index (χ1n) is 9.50. The summed E-state index contributed by atoms with van der Waals surface area (Å²) in [4.78, 5) is 16.3. The van der Waals surface area contributed by atoms with Crippen LogP contribution in [-0.2, 0) is 11.4 Å². The molecule has 3 aromatic rings. The van der Waals surface area contributed by atoms with Gasteiger partial charge in [0.05, 0.1) is 5.69 Å². The zero-order chi connectivity index (χ0) is 22.0. The number of thiocarbonyl (C=S) groups is 1. The number of hydrogen-bond donors (Lipinski definition) is 0. The van der Waals surface area contributed by atoms with Crippen LogP contribution in [0.3, 0.4) is 0 Å². The van der Waals surface area contributed by atoms with Crippen molar-refractivity contribution in [2.45, 2.75) is 6.61 Å². The highest BCUT2D eigenvalue weighted by Gasteiger charge is 2.36. The normalized spacial score (nSPS) is 15.1. The molecule has 0 radical (unpaired) electrons. The molecule has 0 spiro atoms. The minimum Gasteiger partial charge on any atom is -0.488 e. The van der Waals surface area contributed by atoms with Gasteiger partial charge in [0.15, 0.2) is 5.11 Å². The molecular formula is C24H18BrFN2O2S. The molecule has 1 aliphatic heterocycles. The lowest BCUT2D eigenvalue weighted by atomic mass is 10.1. The van der Waals surface area contributed by atoms with Gasteiger partial charge in [-0.1, -0.05) is 52.3 Å². The molecule has 31 heavy (non-hydrogen) atoms. The summed E-state index contributed by atoms with van der Waals surface area (Å²) in [5.74, 6) is -0.0166. The fourth-order valence-electron chi connectivity index (χ4n) is 3.24. The summed E-state index contributed by atoms with van der Waals surface area (Å²) in [7, 11) is 1.76. The first-order chi connectivity index (χ1) is 15.0. The Bertz CT molecular complexity index is 1180. The van der Waals surface area contributed by atoms with Crippen molar-refractivity contribution in [1.82, 2.24) is 4.90 Å². The third-order valence-corrected chi connectivity index (χ3v) is 5.83. The van der Waals surface area contributed by atoms with E-state index >= 15 is 0 Å². The van der Waals surface area contributed by atoms with Gasteiger partial charge in [0.25, 0.3) is 5.91 Å². The molecule has 1 amide bonds. The number of carbonyl (C=O) groups excluding carboxylic acids is 1. The lowest BCUT2D eigenvalue weighted by molar-refractivity contribution is -0.114. The largest absolute Gasteiger partial charge is 0.488 e. The quantitative estimate of drug-likeness (QED) is 0.331. The number of benzene rings is 3. The fraction of sp³-hybridized carbons (Fsp3) is 0.0833.